The molecule has 0 spiro atoms. The highest BCUT2D eigenvalue weighted by Crippen LogP contribution is 2.32. The van der Waals surface area contributed by atoms with Crippen molar-refractivity contribution in [1.29, 1.82) is 0 Å². The molecule has 1 aromatic carbocycles. The zero-order valence-corrected chi connectivity index (χ0v) is 13.7. The molecule has 4 nitrogen and oxygen atoms in total. The Hall–Kier alpha value is -0.590. The Labute approximate surface area is 138 Å². The molecule has 118 valence electrons. The number of amides is 1. The number of rotatable bonds is 3. The fraction of sp³-hybridized carbons (Fsp3) is 0.462. The van der Waals surface area contributed by atoms with Crippen molar-refractivity contribution in [1.82, 2.24) is 10.2 Å². The summed E-state index contributed by atoms with van der Waals surface area (Å²) in [7, 11) is 1.71. The highest BCUT2D eigenvalue weighted by Gasteiger charge is 2.27. The van der Waals surface area contributed by atoms with E-state index in [9.17, 15) is 9.18 Å². The Morgan fingerprint density at radius 1 is 1.48 bits per heavy atom. The minimum absolute atomic E-state index is 0. The normalized spacial score (nSPS) is 18.3. The summed E-state index contributed by atoms with van der Waals surface area (Å²) < 4.78 is 19.1. The van der Waals surface area contributed by atoms with Gasteiger partial charge in [-0.25, -0.2) is 4.39 Å². The number of nitrogens with zero attached hydrogens (tertiary/aromatic N) is 1. The van der Waals surface area contributed by atoms with Crippen LogP contribution >= 0.6 is 35.6 Å². The minimum Gasteiger partial charge on any atom is -0.370 e. The second-order valence-corrected chi connectivity index (χ2v) is 5.33. The van der Waals surface area contributed by atoms with Crippen LogP contribution in [0.25, 0.3) is 0 Å². The number of carbonyl (C=O) groups excluding carboxylic acids is 1. The number of hydrogen-bond acceptors (Lipinski definition) is 3. The summed E-state index contributed by atoms with van der Waals surface area (Å²) in [6.07, 6.45) is -0.441. The second-order valence-electron chi connectivity index (χ2n) is 4.52. The van der Waals surface area contributed by atoms with Crippen molar-refractivity contribution < 1.29 is 13.9 Å². The van der Waals surface area contributed by atoms with E-state index >= 15 is 0 Å². The van der Waals surface area contributed by atoms with Crippen LogP contribution in [0.2, 0.25) is 10.0 Å². The number of carbonyl (C=O) groups is 1. The lowest BCUT2D eigenvalue weighted by molar-refractivity contribution is -0.137. The summed E-state index contributed by atoms with van der Waals surface area (Å²) in [5.41, 5.74) is 0.510. The molecule has 21 heavy (non-hydrogen) atoms. The van der Waals surface area contributed by atoms with Crippen molar-refractivity contribution in [2.75, 3.05) is 33.3 Å². The van der Waals surface area contributed by atoms with Crippen molar-refractivity contribution in [3.05, 3.63) is 33.6 Å². The number of halogens is 4. The largest absolute Gasteiger partial charge is 0.370 e. The summed E-state index contributed by atoms with van der Waals surface area (Å²) in [6, 6.07) is 2.62. The Balaban J connectivity index is 0.00000220. The number of nitrogens with one attached hydrogen (secondary N) is 1. The Morgan fingerprint density at radius 2 is 2.19 bits per heavy atom. The molecule has 1 saturated heterocycles. The first kappa shape index (κ1) is 18.5. The third-order valence-corrected chi connectivity index (χ3v) is 3.75. The van der Waals surface area contributed by atoms with Gasteiger partial charge in [0, 0.05) is 17.1 Å². The summed E-state index contributed by atoms with van der Waals surface area (Å²) in [5.74, 6) is -0.570. The number of ether oxygens (including phenoxy) is 1. The zero-order chi connectivity index (χ0) is 14.7. The maximum absolute atomic E-state index is 13.6. The van der Waals surface area contributed by atoms with Gasteiger partial charge in [-0.05, 0) is 19.2 Å². The summed E-state index contributed by atoms with van der Waals surface area (Å²) in [5, 5.41) is 3.12. The van der Waals surface area contributed by atoms with E-state index in [1.807, 2.05) is 0 Å². The molecule has 1 aromatic rings. The minimum atomic E-state index is -0.548. The van der Waals surface area contributed by atoms with Gasteiger partial charge in [-0.3, -0.25) is 4.79 Å². The molecule has 0 saturated carbocycles. The molecule has 1 unspecified atom stereocenters. The van der Waals surface area contributed by atoms with Crippen LogP contribution in [-0.4, -0.2) is 44.1 Å². The van der Waals surface area contributed by atoms with Gasteiger partial charge < -0.3 is 15.0 Å². The summed E-state index contributed by atoms with van der Waals surface area (Å²) >= 11 is 11.7. The average Bonchev–Trinajstić information content (AvgIpc) is 2.43. The lowest BCUT2D eigenvalue weighted by Gasteiger charge is -2.33. The molecule has 0 aliphatic carbocycles. The van der Waals surface area contributed by atoms with Gasteiger partial charge in [0.1, 0.15) is 11.9 Å². The Bertz CT molecular complexity index is 516. The Kier molecular flexibility index (Phi) is 7.16. The van der Waals surface area contributed by atoms with Gasteiger partial charge >= 0.3 is 0 Å². The molecule has 1 heterocycles. The highest BCUT2D eigenvalue weighted by atomic mass is 35.5. The fourth-order valence-electron chi connectivity index (χ4n) is 2.11. The van der Waals surface area contributed by atoms with E-state index in [0.29, 0.717) is 30.3 Å². The lowest BCUT2D eigenvalue weighted by atomic mass is 10.1. The maximum Gasteiger partial charge on any atom is 0.236 e. The van der Waals surface area contributed by atoms with E-state index in [4.69, 9.17) is 27.9 Å². The van der Waals surface area contributed by atoms with Crippen molar-refractivity contribution in [2.45, 2.75) is 6.10 Å². The van der Waals surface area contributed by atoms with Gasteiger partial charge in [-0.1, -0.05) is 23.2 Å². The molecular formula is C13H16Cl3FN2O2. The fourth-order valence-corrected chi connectivity index (χ4v) is 2.62. The average molecular weight is 358 g/mol. The van der Waals surface area contributed by atoms with E-state index in [0.717, 1.165) is 0 Å². The summed E-state index contributed by atoms with van der Waals surface area (Å²) in [4.78, 5) is 13.5. The smallest absolute Gasteiger partial charge is 0.236 e. The predicted molar refractivity (Wildman–Crippen MR) is 82.9 cm³/mol. The quantitative estimate of drug-likeness (QED) is 0.846. The van der Waals surface area contributed by atoms with Crippen molar-refractivity contribution in [2.24, 2.45) is 0 Å². The van der Waals surface area contributed by atoms with Crippen LogP contribution in [0.3, 0.4) is 0 Å². The number of hydrogen-bond donors (Lipinski definition) is 1. The topological polar surface area (TPSA) is 41.6 Å². The van der Waals surface area contributed by atoms with E-state index < -0.39 is 11.9 Å². The molecule has 1 amide bonds. The van der Waals surface area contributed by atoms with Crippen LogP contribution in [0.15, 0.2) is 12.1 Å². The van der Waals surface area contributed by atoms with Crippen molar-refractivity contribution in [3.63, 3.8) is 0 Å². The molecule has 0 aromatic heterocycles. The first-order valence-corrected chi connectivity index (χ1v) is 6.97. The molecule has 0 radical (unpaired) electrons. The number of likely N-dealkylation sites (N-methyl/N-ethyl adjacent to an activating group) is 1. The molecule has 8 heteroatoms. The molecule has 1 N–H and O–H groups in total. The van der Waals surface area contributed by atoms with Gasteiger partial charge in [0.05, 0.1) is 24.7 Å². The molecule has 1 aliphatic heterocycles. The SMILES string of the molecule is CNCC(=O)N1CCOC(c2cc(F)c(Cl)cc2Cl)C1.Cl. The van der Waals surface area contributed by atoms with E-state index in [1.165, 1.54) is 12.1 Å². The predicted octanol–water partition coefficient (Wildman–Crippen LogP) is 2.67. The van der Waals surface area contributed by atoms with Gasteiger partial charge in [-0.2, -0.15) is 0 Å². The third kappa shape index (κ3) is 4.44. The lowest BCUT2D eigenvalue weighted by Crippen LogP contribution is -2.45. The number of morpholine rings is 1. The summed E-state index contributed by atoms with van der Waals surface area (Å²) in [6.45, 7) is 1.52. The van der Waals surface area contributed by atoms with Crippen LogP contribution in [0, 0.1) is 5.82 Å². The first-order valence-electron chi connectivity index (χ1n) is 6.21. The van der Waals surface area contributed by atoms with Crippen molar-refractivity contribution in [3.8, 4) is 0 Å². The molecule has 1 aliphatic rings. The monoisotopic (exact) mass is 356 g/mol. The van der Waals surface area contributed by atoms with Gasteiger partial charge in [-0.15, -0.1) is 12.4 Å². The highest BCUT2D eigenvalue weighted by molar-refractivity contribution is 6.35. The van der Waals surface area contributed by atoms with Gasteiger partial charge in [0.15, 0.2) is 0 Å². The van der Waals surface area contributed by atoms with Crippen LogP contribution in [-0.2, 0) is 9.53 Å². The molecule has 1 atom stereocenters. The first-order chi connectivity index (χ1) is 9.52. The van der Waals surface area contributed by atoms with Crippen LogP contribution in [0.5, 0.6) is 0 Å². The standard InChI is InChI=1S/C13H15Cl2FN2O2.ClH/c1-17-6-13(19)18-2-3-20-12(7-18)8-4-11(16)10(15)5-9(8)14;/h4-5,12,17H,2-3,6-7H2,1H3;1H. The maximum atomic E-state index is 13.6. The van der Waals surface area contributed by atoms with Gasteiger partial charge in [0.2, 0.25) is 5.91 Å². The van der Waals surface area contributed by atoms with Crippen molar-refractivity contribution >= 4 is 41.5 Å². The van der Waals surface area contributed by atoms with Gasteiger partial charge in [0.25, 0.3) is 0 Å². The third-order valence-electron chi connectivity index (χ3n) is 3.13. The molecular weight excluding hydrogens is 342 g/mol. The molecule has 1 fully saturated rings. The van der Waals surface area contributed by atoms with Crippen LogP contribution in [0.1, 0.15) is 11.7 Å². The van der Waals surface area contributed by atoms with Crippen LogP contribution in [0.4, 0.5) is 4.39 Å². The second kappa shape index (κ2) is 8.15. The molecule has 0 bridgehead atoms. The Morgan fingerprint density at radius 3 is 2.86 bits per heavy atom. The van der Waals surface area contributed by atoms with E-state index in [2.05, 4.69) is 5.32 Å². The number of benzene rings is 1. The van der Waals surface area contributed by atoms with Crippen LogP contribution < -0.4 is 5.32 Å². The zero-order valence-electron chi connectivity index (χ0n) is 11.4. The van der Waals surface area contributed by atoms with E-state index in [-0.39, 0.29) is 29.9 Å². The van der Waals surface area contributed by atoms with E-state index in [1.54, 1.807) is 11.9 Å². The molecule has 2 rings (SSSR count).